The molecule has 0 aliphatic carbocycles. The van der Waals surface area contributed by atoms with Crippen molar-refractivity contribution in [1.29, 1.82) is 0 Å². The first-order valence-corrected chi connectivity index (χ1v) is 3.57. The number of primary amides is 1. The summed E-state index contributed by atoms with van der Waals surface area (Å²) in [4.78, 5) is 10.3. The van der Waals surface area contributed by atoms with Gasteiger partial charge < -0.3 is 15.6 Å². The molecule has 0 aromatic carbocycles. The smallest absolute Gasteiger partial charge is 0.405 e. The second-order valence-corrected chi connectivity index (χ2v) is 3.01. The maximum Gasteiger partial charge on any atom is 0.405 e. The van der Waals surface area contributed by atoms with Crippen LogP contribution in [0.3, 0.4) is 0 Å². The first-order chi connectivity index (χ1) is 4.98. The number of carbonyl (C=O) groups is 1. The second kappa shape index (κ2) is 4.18. The van der Waals surface area contributed by atoms with Gasteiger partial charge in [0.15, 0.2) is 0 Å². The number of ether oxygens (including phenoxy) is 1. The van der Waals surface area contributed by atoms with Crippen LogP contribution in [0, 0.1) is 0 Å². The van der Waals surface area contributed by atoms with E-state index >= 15 is 0 Å². The Balaban J connectivity index is 3.70. The predicted molar refractivity (Wildman–Crippen MR) is 41.1 cm³/mol. The molecule has 0 aliphatic heterocycles. The van der Waals surface area contributed by atoms with E-state index in [0.29, 0.717) is 12.8 Å². The van der Waals surface area contributed by atoms with Gasteiger partial charge in [0.1, 0.15) is 5.60 Å². The summed E-state index contributed by atoms with van der Waals surface area (Å²) >= 11 is 0. The molecule has 0 saturated carbocycles. The Morgan fingerprint density at radius 1 is 1.64 bits per heavy atom. The summed E-state index contributed by atoms with van der Waals surface area (Å²) in [5, 5.41) is 8.49. The van der Waals surface area contributed by atoms with Crippen molar-refractivity contribution in [2.24, 2.45) is 5.73 Å². The van der Waals surface area contributed by atoms with E-state index in [9.17, 15) is 4.79 Å². The van der Waals surface area contributed by atoms with Crippen LogP contribution in [0.4, 0.5) is 4.79 Å². The highest BCUT2D eigenvalue weighted by Crippen LogP contribution is 2.15. The van der Waals surface area contributed by atoms with E-state index in [4.69, 9.17) is 15.6 Å². The van der Waals surface area contributed by atoms with Crippen LogP contribution < -0.4 is 5.73 Å². The molecule has 0 fully saturated rings. The minimum atomic E-state index is -0.770. The van der Waals surface area contributed by atoms with Crippen molar-refractivity contribution in [2.75, 3.05) is 6.61 Å². The summed E-state index contributed by atoms with van der Waals surface area (Å²) in [6, 6.07) is 0. The highest BCUT2D eigenvalue weighted by molar-refractivity contribution is 5.65. The largest absolute Gasteiger partial charge is 0.444 e. The summed E-state index contributed by atoms with van der Waals surface area (Å²) < 4.78 is 4.77. The zero-order valence-electron chi connectivity index (χ0n) is 6.96. The summed E-state index contributed by atoms with van der Waals surface area (Å²) in [7, 11) is 0. The number of nitrogens with two attached hydrogens (primary N) is 1. The number of aliphatic hydroxyl groups excluding tert-OH is 1. The predicted octanol–water partition coefficient (Wildman–Crippen LogP) is 0.633. The van der Waals surface area contributed by atoms with E-state index in [0.717, 1.165) is 0 Å². The average Bonchev–Trinajstić information content (AvgIpc) is 1.81. The second-order valence-electron chi connectivity index (χ2n) is 3.01. The van der Waals surface area contributed by atoms with E-state index in [1.807, 2.05) is 0 Å². The van der Waals surface area contributed by atoms with Crippen LogP contribution in [-0.2, 0) is 4.74 Å². The molecule has 0 unspecified atom stereocenters. The highest BCUT2D eigenvalue weighted by Gasteiger charge is 2.20. The van der Waals surface area contributed by atoms with Crippen molar-refractivity contribution >= 4 is 6.09 Å². The Labute approximate surface area is 66.3 Å². The topological polar surface area (TPSA) is 72.6 Å². The zero-order valence-corrected chi connectivity index (χ0v) is 6.96. The first-order valence-electron chi connectivity index (χ1n) is 3.57. The van der Waals surface area contributed by atoms with E-state index in [1.165, 1.54) is 0 Å². The molecule has 0 spiro atoms. The van der Waals surface area contributed by atoms with Crippen molar-refractivity contribution < 1.29 is 14.6 Å². The molecule has 0 radical (unpaired) electrons. The fourth-order valence-electron chi connectivity index (χ4n) is 0.828. The molecule has 0 bridgehead atoms. The lowest BCUT2D eigenvalue weighted by Crippen LogP contribution is -2.31. The minimum absolute atomic E-state index is 0.103. The van der Waals surface area contributed by atoms with Crippen molar-refractivity contribution in [1.82, 2.24) is 0 Å². The molecule has 0 aromatic heterocycles. The Morgan fingerprint density at radius 3 is 2.55 bits per heavy atom. The van der Waals surface area contributed by atoms with Gasteiger partial charge in [-0.3, -0.25) is 0 Å². The summed E-state index contributed by atoms with van der Waals surface area (Å²) in [5.74, 6) is 0. The van der Waals surface area contributed by atoms with Crippen molar-refractivity contribution in [3.05, 3.63) is 0 Å². The van der Waals surface area contributed by atoms with Crippen LogP contribution in [0.2, 0.25) is 0 Å². The average molecular weight is 161 g/mol. The Kier molecular flexibility index (Phi) is 3.89. The number of amides is 1. The molecule has 11 heavy (non-hydrogen) atoms. The molecular weight excluding hydrogens is 146 g/mol. The van der Waals surface area contributed by atoms with Crippen LogP contribution in [-0.4, -0.2) is 23.4 Å². The van der Waals surface area contributed by atoms with Crippen LogP contribution in [0.1, 0.15) is 26.7 Å². The molecule has 0 atom stereocenters. The highest BCUT2D eigenvalue weighted by atomic mass is 16.6. The van der Waals surface area contributed by atoms with Crippen molar-refractivity contribution in [3.8, 4) is 0 Å². The quantitative estimate of drug-likeness (QED) is 0.635. The molecule has 0 heterocycles. The van der Waals surface area contributed by atoms with E-state index in [2.05, 4.69) is 0 Å². The first kappa shape index (κ1) is 10.2. The van der Waals surface area contributed by atoms with Gasteiger partial charge >= 0.3 is 6.09 Å². The van der Waals surface area contributed by atoms with Crippen LogP contribution >= 0.6 is 0 Å². The summed E-state index contributed by atoms with van der Waals surface area (Å²) in [6.45, 7) is 3.62. The van der Waals surface area contributed by atoms with Crippen molar-refractivity contribution in [3.63, 3.8) is 0 Å². The van der Waals surface area contributed by atoms with E-state index < -0.39 is 11.7 Å². The number of hydrogen-bond acceptors (Lipinski definition) is 3. The van der Waals surface area contributed by atoms with Gasteiger partial charge in [-0.05, 0) is 26.7 Å². The van der Waals surface area contributed by atoms with Crippen LogP contribution in [0.25, 0.3) is 0 Å². The molecule has 0 aliphatic rings. The summed E-state index contributed by atoms with van der Waals surface area (Å²) in [5.41, 5.74) is 4.27. The third kappa shape index (κ3) is 5.66. The number of rotatable bonds is 4. The molecule has 0 aromatic rings. The SMILES string of the molecule is CC(C)(CCCO)OC(N)=O. The van der Waals surface area contributed by atoms with Gasteiger partial charge in [-0.25, -0.2) is 4.79 Å². The molecule has 4 nitrogen and oxygen atoms in total. The van der Waals surface area contributed by atoms with Gasteiger partial charge in [0.2, 0.25) is 0 Å². The molecule has 0 rings (SSSR count). The standard InChI is InChI=1S/C7H15NO3/c1-7(2,4-3-5-9)11-6(8)10/h9H,3-5H2,1-2H3,(H2,8,10). The molecule has 4 heteroatoms. The number of hydrogen-bond donors (Lipinski definition) is 2. The lowest BCUT2D eigenvalue weighted by molar-refractivity contribution is 0.0341. The molecule has 3 N–H and O–H groups in total. The van der Waals surface area contributed by atoms with E-state index in [-0.39, 0.29) is 6.61 Å². The normalized spacial score (nSPS) is 11.2. The fourth-order valence-corrected chi connectivity index (χ4v) is 0.828. The third-order valence-electron chi connectivity index (χ3n) is 1.31. The van der Waals surface area contributed by atoms with Crippen molar-refractivity contribution in [2.45, 2.75) is 32.3 Å². The van der Waals surface area contributed by atoms with Gasteiger partial charge in [0.05, 0.1) is 0 Å². The molecule has 0 saturated heterocycles. The zero-order chi connectivity index (χ0) is 8.91. The molecule has 1 amide bonds. The maximum atomic E-state index is 10.3. The van der Waals surface area contributed by atoms with Gasteiger partial charge in [0, 0.05) is 6.61 Å². The fraction of sp³-hybridized carbons (Fsp3) is 0.857. The van der Waals surface area contributed by atoms with Gasteiger partial charge in [-0.1, -0.05) is 0 Å². The lowest BCUT2D eigenvalue weighted by Gasteiger charge is -2.23. The Bertz CT molecular complexity index is 134. The monoisotopic (exact) mass is 161 g/mol. The van der Waals surface area contributed by atoms with E-state index in [1.54, 1.807) is 13.8 Å². The third-order valence-corrected chi connectivity index (χ3v) is 1.31. The minimum Gasteiger partial charge on any atom is -0.444 e. The lowest BCUT2D eigenvalue weighted by atomic mass is 10.0. The van der Waals surface area contributed by atoms with Crippen LogP contribution in [0.5, 0.6) is 0 Å². The number of aliphatic hydroxyl groups is 1. The Morgan fingerprint density at radius 2 is 2.18 bits per heavy atom. The maximum absolute atomic E-state index is 10.3. The van der Waals surface area contributed by atoms with Gasteiger partial charge in [0.25, 0.3) is 0 Å². The molecular formula is C7H15NO3. The van der Waals surface area contributed by atoms with Gasteiger partial charge in [-0.15, -0.1) is 0 Å². The Hall–Kier alpha value is -0.770. The van der Waals surface area contributed by atoms with Gasteiger partial charge in [-0.2, -0.15) is 0 Å². The molecule has 66 valence electrons. The summed E-state index contributed by atoms with van der Waals surface area (Å²) in [6.07, 6.45) is 0.458. The van der Waals surface area contributed by atoms with Crippen LogP contribution in [0.15, 0.2) is 0 Å². The number of carbonyl (C=O) groups excluding carboxylic acids is 1.